The van der Waals surface area contributed by atoms with Crippen LogP contribution in [0.1, 0.15) is 49.7 Å². The number of fused-ring (bicyclic) bond motifs is 2. The first-order valence-corrected chi connectivity index (χ1v) is 11.0. The molecule has 2 aliphatic rings. The fourth-order valence-electron chi connectivity index (χ4n) is 4.85. The molecule has 4 rings (SSSR count). The maximum atomic E-state index is 12.8. The van der Waals surface area contributed by atoms with E-state index in [9.17, 15) is 9.90 Å². The zero-order valence-electron chi connectivity index (χ0n) is 17.4. The van der Waals surface area contributed by atoms with Crippen LogP contribution in [0.4, 0.5) is 4.79 Å². The van der Waals surface area contributed by atoms with Gasteiger partial charge in [0.25, 0.3) is 0 Å². The molecule has 0 saturated carbocycles. The molecule has 0 aromatic heterocycles. The van der Waals surface area contributed by atoms with Crippen molar-refractivity contribution in [3.8, 4) is 0 Å². The number of rotatable bonds is 7. The Balaban J connectivity index is 1.29. The highest BCUT2D eigenvalue weighted by Crippen LogP contribution is 2.41. The van der Waals surface area contributed by atoms with Gasteiger partial charge in [-0.15, -0.1) is 0 Å². The summed E-state index contributed by atoms with van der Waals surface area (Å²) < 4.78 is 11.4. The van der Waals surface area contributed by atoms with Crippen LogP contribution in [0.3, 0.4) is 0 Å². The van der Waals surface area contributed by atoms with Crippen LogP contribution in [0.25, 0.3) is 0 Å². The Morgan fingerprint density at radius 3 is 2.10 bits per heavy atom. The molecule has 2 atom stereocenters. The summed E-state index contributed by atoms with van der Waals surface area (Å²) in [4.78, 5) is 14.7. The van der Waals surface area contributed by atoms with Crippen molar-refractivity contribution in [3.05, 3.63) is 71.8 Å². The van der Waals surface area contributed by atoms with Gasteiger partial charge >= 0.3 is 6.09 Å². The average molecular weight is 410 g/mol. The van der Waals surface area contributed by atoms with Gasteiger partial charge in [0.15, 0.2) is 0 Å². The maximum absolute atomic E-state index is 12.8. The van der Waals surface area contributed by atoms with Gasteiger partial charge in [-0.2, -0.15) is 0 Å². The Morgan fingerprint density at radius 2 is 1.50 bits per heavy atom. The van der Waals surface area contributed by atoms with Gasteiger partial charge in [-0.25, -0.2) is 4.79 Å². The molecule has 2 bridgehead atoms. The second kappa shape index (κ2) is 9.63. The van der Waals surface area contributed by atoms with Gasteiger partial charge in [-0.05, 0) is 49.7 Å². The van der Waals surface area contributed by atoms with Crippen molar-refractivity contribution in [2.24, 2.45) is 0 Å². The van der Waals surface area contributed by atoms with Gasteiger partial charge in [0, 0.05) is 18.7 Å². The van der Waals surface area contributed by atoms with Crippen LogP contribution in [-0.2, 0) is 22.7 Å². The Labute approximate surface area is 178 Å². The molecule has 2 saturated heterocycles. The first kappa shape index (κ1) is 20.9. The highest BCUT2D eigenvalue weighted by atomic mass is 16.6. The van der Waals surface area contributed by atoms with Crippen LogP contribution in [0.2, 0.25) is 0 Å². The number of benzene rings is 2. The van der Waals surface area contributed by atoms with Crippen LogP contribution < -0.4 is 0 Å². The molecule has 2 fully saturated rings. The molecular weight excluding hydrogens is 378 g/mol. The molecule has 1 amide bonds. The lowest BCUT2D eigenvalue weighted by atomic mass is 9.74. The lowest BCUT2D eigenvalue weighted by Crippen LogP contribution is -2.60. The van der Waals surface area contributed by atoms with Crippen molar-refractivity contribution in [2.75, 3.05) is 6.61 Å². The van der Waals surface area contributed by atoms with E-state index in [1.165, 1.54) is 0 Å². The number of piperidine rings is 2. The molecule has 2 aliphatic heterocycles. The number of hydrogen-bond donors (Lipinski definition) is 1. The van der Waals surface area contributed by atoms with E-state index in [1.807, 2.05) is 65.6 Å². The largest absolute Gasteiger partial charge is 0.445 e. The third-order valence-corrected chi connectivity index (χ3v) is 6.33. The molecule has 30 heavy (non-hydrogen) atoms. The van der Waals surface area contributed by atoms with Crippen molar-refractivity contribution in [1.82, 2.24) is 4.90 Å². The minimum Gasteiger partial charge on any atom is -0.445 e. The van der Waals surface area contributed by atoms with Crippen LogP contribution in [0, 0.1) is 0 Å². The van der Waals surface area contributed by atoms with E-state index in [-0.39, 0.29) is 24.8 Å². The summed E-state index contributed by atoms with van der Waals surface area (Å²) in [5, 5.41) is 11.2. The molecule has 0 aliphatic carbocycles. The second-order valence-corrected chi connectivity index (χ2v) is 8.61. The molecule has 160 valence electrons. The number of ether oxygens (including phenoxy) is 2. The normalized spacial score (nSPS) is 25.7. The van der Waals surface area contributed by atoms with Crippen LogP contribution >= 0.6 is 0 Å². The summed E-state index contributed by atoms with van der Waals surface area (Å²) in [5.74, 6) is 0. The van der Waals surface area contributed by atoms with E-state index < -0.39 is 5.60 Å². The van der Waals surface area contributed by atoms with E-state index in [0.717, 1.165) is 30.4 Å². The number of hydrogen-bond acceptors (Lipinski definition) is 4. The Kier molecular flexibility index (Phi) is 6.70. The SMILES string of the molecule is O=C(OCc1ccccc1)N1C2CCCC1CC(O)(CCOCc1ccccc1)C2. The number of aliphatic hydroxyl groups is 1. The van der Waals surface area contributed by atoms with Gasteiger partial charge in [-0.3, -0.25) is 0 Å². The maximum Gasteiger partial charge on any atom is 0.410 e. The molecule has 2 aromatic carbocycles. The average Bonchev–Trinajstić information content (AvgIpc) is 2.76. The summed E-state index contributed by atoms with van der Waals surface area (Å²) >= 11 is 0. The Morgan fingerprint density at radius 1 is 0.933 bits per heavy atom. The monoisotopic (exact) mass is 409 g/mol. The molecular formula is C25H31NO4. The minimum absolute atomic E-state index is 0.0416. The van der Waals surface area contributed by atoms with Crippen LogP contribution in [-0.4, -0.2) is 40.4 Å². The first-order valence-electron chi connectivity index (χ1n) is 11.0. The van der Waals surface area contributed by atoms with Gasteiger partial charge in [0.1, 0.15) is 6.61 Å². The van der Waals surface area contributed by atoms with Crippen molar-refractivity contribution in [2.45, 2.75) is 69.4 Å². The van der Waals surface area contributed by atoms with Crippen molar-refractivity contribution >= 4 is 6.09 Å². The fourth-order valence-corrected chi connectivity index (χ4v) is 4.85. The van der Waals surface area contributed by atoms with E-state index in [0.29, 0.717) is 32.5 Å². The van der Waals surface area contributed by atoms with Crippen molar-refractivity contribution in [3.63, 3.8) is 0 Å². The molecule has 2 aromatic rings. The number of nitrogens with zero attached hydrogens (tertiary/aromatic N) is 1. The Hall–Kier alpha value is -2.37. The minimum atomic E-state index is -0.775. The van der Waals surface area contributed by atoms with Crippen LogP contribution in [0.5, 0.6) is 0 Å². The van der Waals surface area contributed by atoms with E-state index in [2.05, 4.69) is 0 Å². The predicted molar refractivity (Wildman–Crippen MR) is 115 cm³/mol. The third kappa shape index (κ3) is 5.21. The van der Waals surface area contributed by atoms with Crippen molar-refractivity contribution < 1.29 is 19.4 Å². The fraction of sp³-hybridized carbons (Fsp3) is 0.480. The molecule has 0 radical (unpaired) electrons. The van der Waals surface area contributed by atoms with E-state index in [4.69, 9.17) is 9.47 Å². The topological polar surface area (TPSA) is 59.0 Å². The summed E-state index contributed by atoms with van der Waals surface area (Å²) in [5.41, 5.74) is 1.35. The molecule has 5 heteroatoms. The molecule has 2 unspecified atom stereocenters. The Bertz CT molecular complexity index is 796. The van der Waals surface area contributed by atoms with Gasteiger partial charge in [0.2, 0.25) is 0 Å². The van der Waals surface area contributed by atoms with E-state index in [1.54, 1.807) is 0 Å². The predicted octanol–water partition coefficient (Wildman–Crippen LogP) is 4.68. The third-order valence-electron chi connectivity index (χ3n) is 6.33. The lowest BCUT2D eigenvalue weighted by Gasteiger charge is -2.51. The molecule has 1 N–H and O–H groups in total. The first-order chi connectivity index (χ1) is 14.6. The van der Waals surface area contributed by atoms with Crippen molar-refractivity contribution in [1.29, 1.82) is 0 Å². The summed E-state index contributed by atoms with van der Waals surface area (Å²) in [6.45, 7) is 1.36. The molecule has 5 nitrogen and oxygen atoms in total. The van der Waals surface area contributed by atoms with Gasteiger partial charge in [-0.1, -0.05) is 60.7 Å². The zero-order valence-corrected chi connectivity index (χ0v) is 17.4. The summed E-state index contributed by atoms with van der Waals surface area (Å²) in [6, 6.07) is 19.9. The number of amides is 1. The van der Waals surface area contributed by atoms with Crippen LogP contribution in [0.15, 0.2) is 60.7 Å². The quantitative estimate of drug-likeness (QED) is 0.675. The number of carbonyl (C=O) groups excluding carboxylic acids is 1. The zero-order chi connectivity index (χ0) is 20.8. The number of carbonyl (C=O) groups is 1. The summed E-state index contributed by atoms with van der Waals surface area (Å²) in [6.07, 6.45) is 4.47. The smallest absolute Gasteiger partial charge is 0.410 e. The van der Waals surface area contributed by atoms with Gasteiger partial charge in [0.05, 0.1) is 12.2 Å². The highest BCUT2D eigenvalue weighted by molar-refractivity contribution is 5.69. The summed E-state index contributed by atoms with van der Waals surface area (Å²) in [7, 11) is 0. The lowest BCUT2D eigenvalue weighted by molar-refractivity contribution is -0.0985. The molecule has 0 spiro atoms. The standard InChI is InChI=1S/C25H31NO4/c27-24(30-19-21-10-5-2-6-11-21)26-22-12-7-13-23(26)17-25(28,16-22)14-15-29-18-20-8-3-1-4-9-20/h1-6,8-11,22-23,28H,7,12-19H2. The molecule has 2 heterocycles. The van der Waals surface area contributed by atoms with Gasteiger partial charge < -0.3 is 19.5 Å². The second-order valence-electron chi connectivity index (χ2n) is 8.61. The van der Waals surface area contributed by atoms with E-state index >= 15 is 0 Å². The highest BCUT2D eigenvalue weighted by Gasteiger charge is 2.47.